The molecule has 0 saturated carbocycles. The van der Waals surface area contributed by atoms with Gasteiger partial charge in [-0.25, -0.2) is 9.67 Å². The minimum atomic E-state index is 0.235. The normalized spacial score (nSPS) is 21.7. The highest BCUT2D eigenvalue weighted by molar-refractivity contribution is 4.91. The third-order valence-corrected chi connectivity index (χ3v) is 3.44. The topological polar surface area (TPSA) is 78.0 Å². The van der Waals surface area contributed by atoms with Crippen LogP contribution in [0.25, 0.3) is 0 Å². The number of nitrogens with one attached hydrogen (secondary N) is 1. The Kier molecular flexibility index (Phi) is 4.68. The Morgan fingerprint density at radius 2 is 2.44 bits per heavy atom. The molecule has 2 rings (SSSR count). The second-order valence-electron chi connectivity index (χ2n) is 5.25. The molecule has 6 heteroatoms. The van der Waals surface area contributed by atoms with Crippen LogP contribution in [0.15, 0.2) is 6.33 Å². The monoisotopic (exact) mass is 253 g/mol. The minimum Gasteiger partial charge on any atom is -0.381 e. The molecular formula is C12H23N5O. The van der Waals surface area contributed by atoms with Gasteiger partial charge in [-0.15, -0.1) is 0 Å². The molecule has 0 radical (unpaired) electrons. The van der Waals surface area contributed by atoms with Crippen LogP contribution in [-0.2, 0) is 11.2 Å². The fourth-order valence-corrected chi connectivity index (χ4v) is 2.45. The van der Waals surface area contributed by atoms with Crippen LogP contribution in [0, 0.1) is 5.92 Å². The molecule has 2 atom stereocenters. The summed E-state index contributed by atoms with van der Waals surface area (Å²) in [6.07, 6.45) is 4.59. The van der Waals surface area contributed by atoms with Crippen molar-refractivity contribution in [3.63, 3.8) is 0 Å². The van der Waals surface area contributed by atoms with Crippen molar-refractivity contribution in [2.45, 2.75) is 45.2 Å². The van der Waals surface area contributed by atoms with Crippen molar-refractivity contribution in [2.75, 3.05) is 13.2 Å². The Hall–Kier alpha value is -0.980. The second-order valence-corrected chi connectivity index (χ2v) is 5.25. The average Bonchev–Trinajstić information content (AvgIpc) is 2.98. The van der Waals surface area contributed by atoms with Gasteiger partial charge in [0.2, 0.25) is 0 Å². The molecule has 0 bridgehead atoms. The lowest BCUT2D eigenvalue weighted by Gasteiger charge is -2.19. The Bertz CT molecular complexity index is 359. The second kappa shape index (κ2) is 6.26. The van der Waals surface area contributed by atoms with Gasteiger partial charge in [-0.1, -0.05) is 0 Å². The standard InChI is InChI=1S/C12H23N5O/c1-9(2)17-12(14-8-15-17)6-11(16-13)5-10-3-4-18-7-10/h8-11,16H,3-7,13H2,1-2H3. The quantitative estimate of drug-likeness (QED) is 0.575. The third-order valence-electron chi connectivity index (χ3n) is 3.44. The van der Waals surface area contributed by atoms with Crippen molar-refractivity contribution < 1.29 is 4.74 Å². The fourth-order valence-electron chi connectivity index (χ4n) is 2.45. The first kappa shape index (κ1) is 13.5. The molecule has 3 N–H and O–H groups in total. The predicted molar refractivity (Wildman–Crippen MR) is 68.8 cm³/mol. The maximum absolute atomic E-state index is 5.65. The largest absolute Gasteiger partial charge is 0.381 e. The van der Waals surface area contributed by atoms with Crippen LogP contribution in [0.2, 0.25) is 0 Å². The number of hydrogen-bond donors (Lipinski definition) is 2. The summed E-state index contributed by atoms with van der Waals surface area (Å²) in [6.45, 7) is 5.95. The molecule has 6 nitrogen and oxygen atoms in total. The Morgan fingerprint density at radius 1 is 1.61 bits per heavy atom. The maximum Gasteiger partial charge on any atom is 0.138 e. The number of nitrogens with zero attached hydrogens (tertiary/aromatic N) is 3. The van der Waals surface area contributed by atoms with Crippen molar-refractivity contribution in [1.82, 2.24) is 20.2 Å². The van der Waals surface area contributed by atoms with E-state index < -0.39 is 0 Å². The Balaban J connectivity index is 1.94. The summed E-state index contributed by atoms with van der Waals surface area (Å²) in [5.41, 5.74) is 2.90. The van der Waals surface area contributed by atoms with E-state index in [9.17, 15) is 0 Å². The van der Waals surface area contributed by atoms with E-state index in [0.29, 0.717) is 12.0 Å². The maximum atomic E-state index is 5.65. The summed E-state index contributed by atoms with van der Waals surface area (Å²) in [5.74, 6) is 7.25. The molecule has 102 valence electrons. The number of hydrogen-bond acceptors (Lipinski definition) is 5. The molecule has 0 aliphatic carbocycles. The minimum absolute atomic E-state index is 0.235. The zero-order valence-corrected chi connectivity index (χ0v) is 11.2. The van der Waals surface area contributed by atoms with Crippen LogP contribution in [0.5, 0.6) is 0 Å². The van der Waals surface area contributed by atoms with Gasteiger partial charge in [0.25, 0.3) is 0 Å². The summed E-state index contributed by atoms with van der Waals surface area (Å²) >= 11 is 0. The molecule has 0 amide bonds. The first-order valence-corrected chi connectivity index (χ1v) is 6.63. The zero-order chi connectivity index (χ0) is 13.0. The summed E-state index contributed by atoms with van der Waals surface area (Å²) < 4.78 is 7.35. The van der Waals surface area contributed by atoms with Crippen molar-refractivity contribution in [3.05, 3.63) is 12.2 Å². The molecule has 1 aromatic heterocycles. The van der Waals surface area contributed by atoms with E-state index in [1.165, 1.54) is 0 Å². The molecule has 1 aromatic rings. The highest BCUT2D eigenvalue weighted by Gasteiger charge is 2.22. The molecular weight excluding hydrogens is 230 g/mol. The van der Waals surface area contributed by atoms with Crippen LogP contribution in [0.4, 0.5) is 0 Å². The highest BCUT2D eigenvalue weighted by Crippen LogP contribution is 2.19. The molecule has 0 spiro atoms. The number of hydrazine groups is 1. The van der Waals surface area contributed by atoms with E-state index in [-0.39, 0.29) is 6.04 Å². The Labute approximate surface area is 108 Å². The first-order chi connectivity index (χ1) is 8.70. The van der Waals surface area contributed by atoms with Gasteiger partial charge >= 0.3 is 0 Å². The molecule has 1 aliphatic heterocycles. The first-order valence-electron chi connectivity index (χ1n) is 6.63. The molecule has 18 heavy (non-hydrogen) atoms. The molecule has 2 heterocycles. The lowest BCUT2D eigenvalue weighted by Crippen LogP contribution is -2.39. The van der Waals surface area contributed by atoms with Gasteiger partial charge in [0.15, 0.2) is 0 Å². The number of ether oxygens (including phenoxy) is 1. The van der Waals surface area contributed by atoms with Gasteiger partial charge in [0.05, 0.1) is 0 Å². The smallest absolute Gasteiger partial charge is 0.138 e. The lowest BCUT2D eigenvalue weighted by molar-refractivity contribution is 0.181. The highest BCUT2D eigenvalue weighted by atomic mass is 16.5. The summed E-state index contributed by atoms with van der Waals surface area (Å²) in [6, 6.07) is 0.564. The lowest BCUT2D eigenvalue weighted by atomic mass is 9.97. The van der Waals surface area contributed by atoms with Crippen molar-refractivity contribution in [3.8, 4) is 0 Å². The van der Waals surface area contributed by atoms with Gasteiger partial charge in [-0.2, -0.15) is 5.10 Å². The van der Waals surface area contributed by atoms with Gasteiger partial charge in [-0.05, 0) is 32.6 Å². The SMILES string of the molecule is CC(C)n1ncnc1CC(CC1CCOC1)NN. The number of aromatic nitrogens is 3. The van der Waals surface area contributed by atoms with Gasteiger partial charge < -0.3 is 4.74 Å². The van der Waals surface area contributed by atoms with Gasteiger partial charge in [-0.3, -0.25) is 11.3 Å². The summed E-state index contributed by atoms with van der Waals surface area (Å²) in [4.78, 5) is 4.32. The van der Waals surface area contributed by atoms with E-state index >= 15 is 0 Å². The zero-order valence-electron chi connectivity index (χ0n) is 11.2. The van der Waals surface area contributed by atoms with Crippen LogP contribution in [-0.4, -0.2) is 34.0 Å². The molecule has 1 fully saturated rings. The number of rotatable bonds is 6. The molecule has 1 saturated heterocycles. The van der Waals surface area contributed by atoms with Crippen molar-refractivity contribution >= 4 is 0 Å². The summed E-state index contributed by atoms with van der Waals surface area (Å²) in [7, 11) is 0. The van der Waals surface area contributed by atoms with E-state index in [4.69, 9.17) is 10.6 Å². The van der Waals surface area contributed by atoms with Crippen molar-refractivity contribution in [1.29, 1.82) is 0 Å². The average molecular weight is 253 g/mol. The van der Waals surface area contributed by atoms with E-state index in [1.54, 1.807) is 6.33 Å². The van der Waals surface area contributed by atoms with Crippen LogP contribution in [0.1, 0.15) is 38.6 Å². The van der Waals surface area contributed by atoms with E-state index in [2.05, 4.69) is 29.4 Å². The van der Waals surface area contributed by atoms with E-state index in [0.717, 1.165) is 38.3 Å². The van der Waals surface area contributed by atoms with Crippen molar-refractivity contribution in [2.24, 2.45) is 11.8 Å². The predicted octanol–water partition coefficient (Wildman–Crippen LogP) is 0.660. The molecule has 2 unspecified atom stereocenters. The van der Waals surface area contributed by atoms with Crippen LogP contribution >= 0.6 is 0 Å². The molecule has 0 aromatic carbocycles. The third kappa shape index (κ3) is 3.28. The van der Waals surface area contributed by atoms with Crippen LogP contribution in [0.3, 0.4) is 0 Å². The van der Waals surface area contributed by atoms with Gasteiger partial charge in [0.1, 0.15) is 12.2 Å². The Morgan fingerprint density at radius 3 is 3.06 bits per heavy atom. The van der Waals surface area contributed by atoms with Crippen LogP contribution < -0.4 is 11.3 Å². The number of nitrogens with two attached hydrogens (primary N) is 1. The van der Waals surface area contributed by atoms with Gasteiger partial charge in [0, 0.05) is 31.7 Å². The molecule has 1 aliphatic rings. The summed E-state index contributed by atoms with van der Waals surface area (Å²) in [5, 5.41) is 4.25. The van der Waals surface area contributed by atoms with E-state index in [1.807, 2.05) is 4.68 Å². The fraction of sp³-hybridized carbons (Fsp3) is 0.833.